The van der Waals surface area contributed by atoms with E-state index >= 15 is 0 Å². The Hall–Kier alpha value is -1.68. The summed E-state index contributed by atoms with van der Waals surface area (Å²) in [6.45, 7) is 2.56. The summed E-state index contributed by atoms with van der Waals surface area (Å²) < 4.78 is 37.7. The average Bonchev–Trinajstić information content (AvgIpc) is 3.26. The summed E-state index contributed by atoms with van der Waals surface area (Å²) in [6, 6.07) is 6.28. The zero-order valence-corrected chi connectivity index (χ0v) is 16.8. The fourth-order valence-corrected chi connectivity index (χ4v) is 4.08. The third kappa shape index (κ3) is 5.19. The number of benzene rings is 1. The highest BCUT2D eigenvalue weighted by molar-refractivity contribution is 7.89. The number of rotatable bonds is 8. The van der Waals surface area contributed by atoms with Crippen LogP contribution in [0.2, 0.25) is 0 Å². The molecule has 0 amide bonds. The van der Waals surface area contributed by atoms with Crippen LogP contribution in [0.1, 0.15) is 44.3 Å². The zero-order valence-electron chi connectivity index (χ0n) is 15.2. The van der Waals surface area contributed by atoms with Crippen LogP contribution >= 0.6 is 12.4 Å². The van der Waals surface area contributed by atoms with Gasteiger partial charge in [-0.1, -0.05) is 18.0 Å². The van der Waals surface area contributed by atoms with Gasteiger partial charge in [0.2, 0.25) is 15.9 Å². The van der Waals surface area contributed by atoms with E-state index in [9.17, 15) is 8.42 Å². The minimum Gasteiger partial charge on any atom is -0.494 e. The van der Waals surface area contributed by atoms with Crippen LogP contribution in [0.5, 0.6) is 5.75 Å². The fraction of sp³-hybridized carbons (Fsp3) is 0.529. The Balaban J connectivity index is 0.00000261. The Bertz CT molecular complexity index is 833. The molecule has 3 rings (SSSR count). The molecule has 0 atom stereocenters. The summed E-state index contributed by atoms with van der Waals surface area (Å²) in [7, 11) is -3.60. The van der Waals surface area contributed by atoms with Crippen molar-refractivity contribution in [3.63, 3.8) is 0 Å². The van der Waals surface area contributed by atoms with Gasteiger partial charge in [-0.3, -0.25) is 0 Å². The Morgan fingerprint density at radius 3 is 2.56 bits per heavy atom. The molecule has 2 aromatic rings. The molecule has 0 spiro atoms. The maximum Gasteiger partial charge on any atom is 0.240 e. The largest absolute Gasteiger partial charge is 0.494 e. The highest BCUT2D eigenvalue weighted by Crippen LogP contribution is 2.34. The van der Waals surface area contributed by atoms with Crippen LogP contribution in [-0.4, -0.2) is 31.7 Å². The van der Waals surface area contributed by atoms with Crippen LogP contribution in [-0.2, 0) is 22.0 Å². The van der Waals surface area contributed by atoms with Gasteiger partial charge >= 0.3 is 0 Å². The minimum atomic E-state index is -3.60. The molecule has 0 bridgehead atoms. The Labute approximate surface area is 165 Å². The number of aromatic nitrogens is 2. The first-order valence-corrected chi connectivity index (χ1v) is 10.3. The average molecular weight is 417 g/mol. The molecule has 8 nitrogen and oxygen atoms in total. The molecule has 1 saturated carbocycles. The first-order chi connectivity index (χ1) is 12.4. The fourth-order valence-electron chi connectivity index (χ4n) is 3.05. The first-order valence-electron chi connectivity index (χ1n) is 8.77. The molecule has 0 aliphatic heterocycles. The van der Waals surface area contributed by atoms with Gasteiger partial charge in [0.15, 0.2) is 5.82 Å². The molecule has 10 heteroatoms. The van der Waals surface area contributed by atoms with Crippen molar-refractivity contribution in [3.8, 4) is 5.75 Å². The molecular formula is C17H25ClN4O4S. The van der Waals surface area contributed by atoms with Gasteiger partial charge in [0.05, 0.1) is 17.0 Å². The molecule has 1 aromatic heterocycles. The summed E-state index contributed by atoms with van der Waals surface area (Å²) in [6.07, 6.45) is 4.11. The van der Waals surface area contributed by atoms with E-state index in [0.29, 0.717) is 30.5 Å². The molecular weight excluding hydrogens is 392 g/mol. The number of ether oxygens (including phenoxy) is 1. The van der Waals surface area contributed by atoms with E-state index in [1.807, 2.05) is 6.92 Å². The molecule has 0 unspecified atom stereocenters. The molecule has 1 aliphatic rings. The maximum atomic E-state index is 12.3. The van der Waals surface area contributed by atoms with E-state index in [0.717, 1.165) is 25.7 Å². The zero-order chi connectivity index (χ0) is 18.6. The second-order valence-electron chi connectivity index (χ2n) is 6.43. The molecule has 1 aliphatic carbocycles. The van der Waals surface area contributed by atoms with Gasteiger partial charge in [-0.25, -0.2) is 13.1 Å². The Morgan fingerprint density at radius 2 is 1.93 bits per heavy atom. The third-order valence-electron chi connectivity index (χ3n) is 4.49. The number of hydrogen-bond donors (Lipinski definition) is 2. The quantitative estimate of drug-likeness (QED) is 0.676. The maximum absolute atomic E-state index is 12.3. The minimum absolute atomic E-state index is 0. The van der Waals surface area contributed by atoms with Crippen molar-refractivity contribution in [1.29, 1.82) is 0 Å². The van der Waals surface area contributed by atoms with Gasteiger partial charge in [0, 0.05) is 13.0 Å². The first kappa shape index (κ1) is 21.6. The molecule has 0 saturated heterocycles. The predicted molar refractivity (Wildman–Crippen MR) is 102 cm³/mol. The number of hydrogen-bond acceptors (Lipinski definition) is 7. The summed E-state index contributed by atoms with van der Waals surface area (Å²) in [5.41, 5.74) is 5.78. The number of halogens is 1. The van der Waals surface area contributed by atoms with E-state index in [1.54, 1.807) is 12.1 Å². The van der Waals surface area contributed by atoms with E-state index in [2.05, 4.69) is 14.9 Å². The van der Waals surface area contributed by atoms with Crippen LogP contribution in [0.4, 0.5) is 0 Å². The van der Waals surface area contributed by atoms with Gasteiger partial charge in [0.25, 0.3) is 0 Å². The lowest BCUT2D eigenvalue weighted by atomic mass is 9.99. The Kier molecular flexibility index (Phi) is 7.21. The van der Waals surface area contributed by atoms with E-state index in [1.165, 1.54) is 12.1 Å². The smallest absolute Gasteiger partial charge is 0.240 e. The number of nitrogens with two attached hydrogens (primary N) is 1. The predicted octanol–water partition coefficient (Wildman–Crippen LogP) is 2.14. The van der Waals surface area contributed by atoms with Crippen LogP contribution in [0, 0.1) is 0 Å². The van der Waals surface area contributed by atoms with E-state index in [-0.39, 0.29) is 23.8 Å². The van der Waals surface area contributed by atoms with E-state index in [4.69, 9.17) is 15.0 Å². The van der Waals surface area contributed by atoms with Crippen LogP contribution in [0.25, 0.3) is 0 Å². The second kappa shape index (κ2) is 9.01. The standard InChI is InChI=1S/C17H24N4O4S.ClH/c1-2-24-13-5-7-14(8-6-13)26(22,23)19-12-9-15-20-16(21-25-15)17(18)10-3-4-11-17;/h5-8,19H,2-4,9-12,18H2,1H3;1H. The normalized spacial score (nSPS) is 16.1. The van der Waals surface area contributed by atoms with Crippen molar-refractivity contribution in [2.45, 2.75) is 49.5 Å². The third-order valence-corrected chi connectivity index (χ3v) is 5.96. The van der Waals surface area contributed by atoms with Gasteiger partial charge in [-0.2, -0.15) is 4.98 Å². The molecule has 3 N–H and O–H groups in total. The highest BCUT2D eigenvalue weighted by atomic mass is 35.5. The lowest BCUT2D eigenvalue weighted by Crippen LogP contribution is -2.34. The SMILES string of the molecule is CCOc1ccc(S(=O)(=O)NCCc2nc(C3(N)CCCC3)no2)cc1.Cl. The summed E-state index contributed by atoms with van der Waals surface area (Å²) in [5.74, 6) is 1.53. The topological polar surface area (TPSA) is 120 Å². The molecule has 150 valence electrons. The van der Waals surface area contributed by atoms with Crippen LogP contribution < -0.4 is 15.2 Å². The number of sulfonamides is 1. The molecule has 1 heterocycles. The monoisotopic (exact) mass is 416 g/mol. The van der Waals surface area contributed by atoms with E-state index < -0.39 is 15.6 Å². The van der Waals surface area contributed by atoms with Crippen LogP contribution in [0.3, 0.4) is 0 Å². The Morgan fingerprint density at radius 1 is 1.26 bits per heavy atom. The van der Waals surface area contributed by atoms with Crippen molar-refractivity contribution < 1.29 is 17.7 Å². The van der Waals surface area contributed by atoms with Gasteiger partial charge < -0.3 is 15.0 Å². The number of nitrogens with one attached hydrogen (secondary N) is 1. The summed E-state index contributed by atoms with van der Waals surface area (Å²) in [5, 5.41) is 3.97. The molecule has 27 heavy (non-hydrogen) atoms. The van der Waals surface area contributed by atoms with Crippen molar-refractivity contribution in [3.05, 3.63) is 36.0 Å². The molecule has 0 radical (unpaired) electrons. The van der Waals surface area contributed by atoms with Crippen molar-refractivity contribution in [1.82, 2.24) is 14.9 Å². The van der Waals surface area contributed by atoms with Gasteiger partial charge in [-0.05, 0) is 44.0 Å². The summed E-state index contributed by atoms with van der Waals surface area (Å²) in [4.78, 5) is 4.51. The molecule has 1 fully saturated rings. The highest BCUT2D eigenvalue weighted by Gasteiger charge is 2.35. The lowest BCUT2D eigenvalue weighted by molar-refractivity contribution is 0.340. The van der Waals surface area contributed by atoms with Crippen molar-refractivity contribution >= 4 is 22.4 Å². The van der Waals surface area contributed by atoms with Crippen molar-refractivity contribution in [2.75, 3.05) is 13.2 Å². The van der Waals surface area contributed by atoms with Gasteiger partial charge in [0.1, 0.15) is 5.75 Å². The lowest BCUT2D eigenvalue weighted by Gasteiger charge is -2.17. The van der Waals surface area contributed by atoms with Gasteiger partial charge in [-0.15, -0.1) is 12.4 Å². The summed E-state index contributed by atoms with van der Waals surface area (Å²) >= 11 is 0. The van der Waals surface area contributed by atoms with Crippen LogP contribution in [0.15, 0.2) is 33.7 Å². The van der Waals surface area contributed by atoms with Crippen molar-refractivity contribution in [2.24, 2.45) is 5.73 Å². The second-order valence-corrected chi connectivity index (χ2v) is 8.19. The molecule has 1 aromatic carbocycles. The number of nitrogens with zero attached hydrogens (tertiary/aromatic N) is 2.